The number of pyridine rings is 1. The van der Waals surface area contributed by atoms with Crippen LogP contribution in [-0.2, 0) is 0 Å². The van der Waals surface area contributed by atoms with Crippen molar-refractivity contribution in [3.63, 3.8) is 0 Å². The molecule has 4 aromatic heterocycles. The Morgan fingerprint density at radius 3 is 2.86 bits per heavy atom. The van der Waals surface area contributed by atoms with Gasteiger partial charge in [0, 0.05) is 17.3 Å². The van der Waals surface area contributed by atoms with E-state index in [9.17, 15) is 0 Å². The molecule has 0 radical (unpaired) electrons. The molecule has 0 aliphatic heterocycles. The number of fused-ring (bicyclic) bond motifs is 1. The van der Waals surface area contributed by atoms with E-state index in [-0.39, 0.29) is 0 Å². The number of halogens is 1. The van der Waals surface area contributed by atoms with Gasteiger partial charge in [0.25, 0.3) is 0 Å². The standard InChI is InChI=1S/C13H10ClN7O/c1-22-13-7(14)2-8-10(20-13)9(6-3-16-17-4-6)11(19-8)12-15-5-18-21-12/h2-5,19H,1H3,(H,16,17)(H,15,18,21). The van der Waals surface area contributed by atoms with Crippen molar-refractivity contribution in [1.82, 2.24) is 35.3 Å². The maximum absolute atomic E-state index is 6.15. The highest BCUT2D eigenvalue weighted by Crippen LogP contribution is 2.38. The van der Waals surface area contributed by atoms with Crippen LogP contribution in [0.1, 0.15) is 0 Å². The van der Waals surface area contributed by atoms with E-state index < -0.39 is 0 Å². The van der Waals surface area contributed by atoms with Crippen LogP contribution >= 0.6 is 11.6 Å². The summed E-state index contributed by atoms with van der Waals surface area (Å²) in [5.74, 6) is 0.964. The van der Waals surface area contributed by atoms with Crippen molar-refractivity contribution in [2.45, 2.75) is 0 Å². The molecule has 3 N–H and O–H groups in total. The van der Waals surface area contributed by atoms with Crippen LogP contribution in [-0.4, -0.2) is 42.5 Å². The van der Waals surface area contributed by atoms with Crippen molar-refractivity contribution >= 4 is 22.6 Å². The van der Waals surface area contributed by atoms with E-state index in [4.69, 9.17) is 16.3 Å². The SMILES string of the molecule is COc1nc2c(-c3cn[nH]c3)c(-c3ncn[nH]3)[nH]c2cc1Cl. The first-order chi connectivity index (χ1) is 10.8. The molecule has 4 aromatic rings. The molecule has 0 atom stereocenters. The quantitative estimate of drug-likeness (QED) is 0.538. The topological polar surface area (TPSA) is 108 Å². The van der Waals surface area contributed by atoms with Gasteiger partial charge < -0.3 is 9.72 Å². The van der Waals surface area contributed by atoms with Crippen LogP contribution < -0.4 is 4.74 Å². The second-order valence-corrected chi connectivity index (χ2v) is 4.98. The summed E-state index contributed by atoms with van der Waals surface area (Å²) < 4.78 is 5.21. The minimum Gasteiger partial charge on any atom is -0.480 e. The average Bonchev–Trinajstić information content (AvgIpc) is 3.25. The van der Waals surface area contributed by atoms with Crippen molar-refractivity contribution in [2.75, 3.05) is 7.11 Å². The van der Waals surface area contributed by atoms with Gasteiger partial charge in [0.1, 0.15) is 16.9 Å². The second-order valence-electron chi connectivity index (χ2n) is 4.57. The Labute approximate surface area is 128 Å². The van der Waals surface area contributed by atoms with E-state index in [0.29, 0.717) is 22.2 Å². The highest BCUT2D eigenvalue weighted by molar-refractivity contribution is 6.32. The zero-order chi connectivity index (χ0) is 15.1. The molecular formula is C13H10ClN7O. The monoisotopic (exact) mass is 315 g/mol. The Morgan fingerprint density at radius 2 is 2.18 bits per heavy atom. The van der Waals surface area contributed by atoms with Gasteiger partial charge in [0.2, 0.25) is 5.88 Å². The van der Waals surface area contributed by atoms with E-state index in [2.05, 4.69) is 35.3 Å². The maximum Gasteiger partial charge on any atom is 0.233 e. The molecule has 0 amide bonds. The highest BCUT2D eigenvalue weighted by Gasteiger charge is 2.20. The number of ether oxygens (including phenoxy) is 1. The zero-order valence-electron chi connectivity index (χ0n) is 11.4. The summed E-state index contributed by atoms with van der Waals surface area (Å²) >= 11 is 6.15. The third-order valence-corrected chi connectivity index (χ3v) is 3.59. The van der Waals surface area contributed by atoms with Crippen molar-refractivity contribution < 1.29 is 4.74 Å². The van der Waals surface area contributed by atoms with Gasteiger partial charge in [0.05, 0.1) is 24.5 Å². The second kappa shape index (κ2) is 4.85. The Kier molecular flexibility index (Phi) is 2.83. The Bertz CT molecular complexity index is 927. The molecule has 0 bridgehead atoms. The van der Waals surface area contributed by atoms with Crippen molar-refractivity contribution in [1.29, 1.82) is 0 Å². The lowest BCUT2D eigenvalue weighted by Gasteiger charge is -2.02. The molecule has 0 aliphatic rings. The van der Waals surface area contributed by atoms with Crippen LogP contribution in [0.2, 0.25) is 5.02 Å². The summed E-state index contributed by atoms with van der Waals surface area (Å²) in [6, 6.07) is 1.77. The first-order valence-corrected chi connectivity index (χ1v) is 6.77. The van der Waals surface area contributed by atoms with E-state index in [0.717, 1.165) is 22.3 Å². The lowest BCUT2D eigenvalue weighted by atomic mass is 10.1. The van der Waals surface area contributed by atoms with Crippen molar-refractivity contribution in [2.24, 2.45) is 0 Å². The molecule has 0 spiro atoms. The molecule has 4 heterocycles. The molecule has 9 heteroatoms. The Hall–Kier alpha value is -2.87. The van der Waals surface area contributed by atoms with Gasteiger partial charge in [-0.3, -0.25) is 10.2 Å². The molecule has 0 fully saturated rings. The minimum atomic E-state index is 0.363. The summed E-state index contributed by atoms with van der Waals surface area (Å²) in [4.78, 5) is 12.0. The number of methoxy groups -OCH3 is 1. The third-order valence-electron chi connectivity index (χ3n) is 3.32. The number of nitrogens with one attached hydrogen (secondary N) is 3. The van der Waals surface area contributed by atoms with Crippen LogP contribution in [0.25, 0.3) is 33.7 Å². The predicted molar refractivity (Wildman–Crippen MR) is 80.6 cm³/mol. The van der Waals surface area contributed by atoms with Gasteiger partial charge >= 0.3 is 0 Å². The van der Waals surface area contributed by atoms with Gasteiger partial charge in [-0.2, -0.15) is 10.2 Å². The lowest BCUT2D eigenvalue weighted by molar-refractivity contribution is 0.400. The number of nitrogens with zero attached hydrogens (tertiary/aromatic N) is 4. The first kappa shape index (κ1) is 12.8. The Balaban J connectivity index is 2.09. The number of rotatable bonds is 3. The van der Waals surface area contributed by atoms with Gasteiger partial charge in [-0.15, -0.1) is 0 Å². The summed E-state index contributed by atoms with van der Waals surface area (Å²) in [6.45, 7) is 0. The van der Waals surface area contributed by atoms with Gasteiger partial charge in [-0.25, -0.2) is 9.97 Å². The maximum atomic E-state index is 6.15. The van der Waals surface area contributed by atoms with Crippen LogP contribution in [0.5, 0.6) is 5.88 Å². The molecule has 0 saturated carbocycles. The third kappa shape index (κ3) is 1.85. The fourth-order valence-electron chi connectivity index (χ4n) is 2.39. The zero-order valence-corrected chi connectivity index (χ0v) is 12.1. The number of hydrogen-bond acceptors (Lipinski definition) is 5. The van der Waals surface area contributed by atoms with Gasteiger partial charge in [0.15, 0.2) is 5.82 Å². The van der Waals surface area contributed by atoms with E-state index >= 15 is 0 Å². The van der Waals surface area contributed by atoms with E-state index in [1.807, 2.05) is 0 Å². The summed E-state index contributed by atoms with van der Waals surface area (Å²) in [6.07, 6.45) is 4.94. The number of aromatic amines is 3. The molecule has 0 unspecified atom stereocenters. The van der Waals surface area contributed by atoms with Crippen LogP contribution in [0.3, 0.4) is 0 Å². The molecule has 110 valence electrons. The highest BCUT2D eigenvalue weighted by atomic mass is 35.5. The number of H-pyrrole nitrogens is 3. The number of aromatic nitrogens is 7. The number of hydrogen-bond donors (Lipinski definition) is 3. The Morgan fingerprint density at radius 1 is 1.27 bits per heavy atom. The van der Waals surface area contributed by atoms with Crippen LogP contribution in [0, 0.1) is 0 Å². The first-order valence-electron chi connectivity index (χ1n) is 6.39. The molecule has 22 heavy (non-hydrogen) atoms. The molecule has 8 nitrogen and oxygen atoms in total. The summed E-state index contributed by atoms with van der Waals surface area (Å²) in [5, 5.41) is 14.0. The average molecular weight is 316 g/mol. The molecule has 0 saturated heterocycles. The van der Waals surface area contributed by atoms with Crippen molar-refractivity contribution in [3.05, 3.63) is 29.8 Å². The summed E-state index contributed by atoms with van der Waals surface area (Å²) in [7, 11) is 1.53. The molecular weight excluding hydrogens is 306 g/mol. The van der Waals surface area contributed by atoms with E-state index in [1.165, 1.54) is 13.4 Å². The normalized spacial score (nSPS) is 11.2. The van der Waals surface area contributed by atoms with E-state index in [1.54, 1.807) is 18.5 Å². The van der Waals surface area contributed by atoms with Crippen molar-refractivity contribution in [3.8, 4) is 28.5 Å². The van der Waals surface area contributed by atoms with Gasteiger partial charge in [-0.05, 0) is 6.07 Å². The molecule has 4 rings (SSSR count). The fourth-order valence-corrected chi connectivity index (χ4v) is 2.62. The predicted octanol–water partition coefficient (Wildman–Crippen LogP) is 2.40. The summed E-state index contributed by atoms with van der Waals surface area (Å²) in [5.41, 5.74) is 3.96. The van der Waals surface area contributed by atoms with Crippen LogP contribution in [0.15, 0.2) is 24.8 Å². The fraction of sp³-hybridized carbons (Fsp3) is 0.0769. The van der Waals surface area contributed by atoms with Gasteiger partial charge in [-0.1, -0.05) is 11.6 Å². The minimum absolute atomic E-state index is 0.363. The lowest BCUT2D eigenvalue weighted by Crippen LogP contribution is -1.89. The largest absolute Gasteiger partial charge is 0.480 e. The molecule has 0 aromatic carbocycles. The smallest absolute Gasteiger partial charge is 0.233 e. The molecule has 0 aliphatic carbocycles. The van der Waals surface area contributed by atoms with Crippen LogP contribution in [0.4, 0.5) is 0 Å².